The van der Waals surface area contributed by atoms with Gasteiger partial charge in [0.05, 0.1) is 21.2 Å². The maximum Gasteiger partial charge on any atom is 0.325 e. The molecule has 94 valence electrons. The van der Waals surface area contributed by atoms with Crippen LogP contribution in [0.5, 0.6) is 5.88 Å². The summed E-state index contributed by atoms with van der Waals surface area (Å²) in [5.74, 6) is -0.353. The van der Waals surface area contributed by atoms with E-state index in [-0.39, 0.29) is 34.3 Å². The Morgan fingerprint density at radius 2 is 2.11 bits per heavy atom. The number of nitrogens with one attached hydrogen (secondary N) is 2. The molecular weight excluding hydrogens is 262 g/mol. The lowest BCUT2D eigenvalue weighted by molar-refractivity contribution is -0.385. The number of rotatable bonds is 3. The smallest absolute Gasteiger partial charge is 0.325 e. The maximum absolute atomic E-state index is 11.0. The van der Waals surface area contributed by atoms with Crippen molar-refractivity contribution in [1.82, 2.24) is 9.97 Å². The van der Waals surface area contributed by atoms with Gasteiger partial charge in [-0.1, -0.05) is 17.7 Å². The van der Waals surface area contributed by atoms with Crippen LogP contribution in [0.15, 0.2) is 23.0 Å². The summed E-state index contributed by atoms with van der Waals surface area (Å²) < 4.78 is 0. The van der Waals surface area contributed by atoms with E-state index in [1.54, 1.807) is 0 Å². The molecule has 3 N–H and O–H groups in total. The largest absolute Gasteiger partial charge is 0.493 e. The van der Waals surface area contributed by atoms with Gasteiger partial charge in [-0.05, 0) is 6.07 Å². The third-order valence-corrected chi connectivity index (χ3v) is 2.78. The Morgan fingerprint density at radius 3 is 2.67 bits per heavy atom. The monoisotopic (exact) mass is 269 g/mol. The van der Waals surface area contributed by atoms with E-state index < -0.39 is 10.6 Å². The topological polar surface area (TPSA) is 112 Å². The molecule has 1 heterocycles. The molecule has 8 heteroatoms. The standard InChI is InChI=1S/C10H8ClN3O4/c11-6-2-1-3-8(14(17)18)5(6)4-7-9(15)13-10(16)12-7/h1-3,15H,4H2,(H2,12,13,16). The van der Waals surface area contributed by atoms with Gasteiger partial charge in [0, 0.05) is 12.5 Å². The number of nitro benzene ring substituents is 1. The Kier molecular flexibility index (Phi) is 3.07. The number of aromatic nitrogens is 2. The predicted octanol–water partition coefficient (Wildman–Crippen LogP) is 1.56. The summed E-state index contributed by atoms with van der Waals surface area (Å²) in [5, 5.41) is 20.5. The summed E-state index contributed by atoms with van der Waals surface area (Å²) in [7, 11) is 0. The van der Waals surface area contributed by atoms with Gasteiger partial charge in [-0.3, -0.25) is 15.1 Å². The van der Waals surface area contributed by atoms with Crippen molar-refractivity contribution < 1.29 is 10.0 Å². The highest BCUT2D eigenvalue weighted by Crippen LogP contribution is 2.29. The lowest BCUT2D eigenvalue weighted by Gasteiger charge is -2.04. The van der Waals surface area contributed by atoms with Crippen LogP contribution in [0.25, 0.3) is 0 Å². The first-order chi connectivity index (χ1) is 8.49. The maximum atomic E-state index is 11.0. The Labute approximate surface area is 105 Å². The molecule has 0 unspecified atom stereocenters. The molecule has 2 rings (SSSR count). The van der Waals surface area contributed by atoms with Crippen molar-refractivity contribution in [2.24, 2.45) is 0 Å². The molecule has 1 aromatic heterocycles. The second-order valence-electron chi connectivity index (χ2n) is 3.58. The minimum Gasteiger partial charge on any atom is -0.493 e. The van der Waals surface area contributed by atoms with Gasteiger partial charge in [0.15, 0.2) is 0 Å². The number of benzene rings is 1. The van der Waals surface area contributed by atoms with Crippen LogP contribution in [0.4, 0.5) is 5.69 Å². The molecule has 0 fully saturated rings. The van der Waals surface area contributed by atoms with Crippen molar-refractivity contribution in [3.63, 3.8) is 0 Å². The van der Waals surface area contributed by atoms with E-state index in [0.29, 0.717) is 0 Å². The second kappa shape index (κ2) is 4.53. The zero-order valence-electron chi connectivity index (χ0n) is 8.94. The first kappa shape index (κ1) is 12.2. The molecule has 18 heavy (non-hydrogen) atoms. The van der Waals surface area contributed by atoms with Crippen LogP contribution in [0.2, 0.25) is 5.02 Å². The first-order valence-corrected chi connectivity index (χ1v) is 5.28. The lowest BCUT2D eigenvalue weighted by Crippen LogP contribution is -2.02. The van der Waals surface area contributed by atoms with E-state index in [1.165, 1.54) is 18.2 Å². The van der Waals surface area contributed by atoms with Crippen molar-refractivity contribution >= 4 is 17.3 Å². The molecule has 0 aliphatic carbocycles. The van der Waals surface area contributed by atoms with E-state index in [1.807, 2.05) is 0 Å². The van der Waals surface area contributed by atoms with Crippen LogP contribution in [0, 0.1) is 10.1 Å². The van der Waals surface area contributed by atoms with E-state index in [2.05, 4.69) is 9.97 Å². The quantitative estimate of drug-likeness (QED) is 0.580. The number of imidazole rings is 1. The fourth-order valence-corrected chi connectivity index (χ4v) is 1.84. The van der Waals surface area contributed by atoms with Crippen molar-refractivity contribution in [2.75, 3.05) is 0 Å². The Morgan fingerprint density at radius 1 is 1.39 bits per heavy atom. The normalized spacial score (nSPS) is 10.5. The molecule has 0 amide bonds. The molecule has 0 spiro atoms. The van der Waals surface area contributed by atoms with Gasteiger partial charge in [-0.15, -0.1) is 0 Å². The van der Waals surface area contributed by atoms with Gasteiger partial charge in [0.1, 0.15) is 0 Å². The molecule has 0 aliphatic heterocycles. The molecule has 2 aromatic rings. The van der Waals surface area contributed by atoms with Gasteiger partial charge in [0.25, 0.3) is 5.69 Å². The molecule has 7 nitrogen and oxygen atoms in total. The molecule has 0 saturated carbocycles. The van der Waals surface area contributed by atoms with Crippen LogP contribution < -0.4 is 5.69 Å². The minimum absolute atomic E-state index is 0.0411. The van der Waals surface area contributed by atoms with Crippen molar-refractivity contribution in [1.29, 1.82) is 0 Å². The van der Waals surface area contributed by atoms with E-state index in [9.17, 15) is 20.0 Å². The van der Waals surface area contributed by atoms with Crippen molar-refractivity contribution in [3.8, 4) is 5.88 Å². The van der Waals surface area contributed by atoms with Crippen molar-refractivity contribution in [2.45, 2.75) is 6.42 Å². The number of halogens is 1. The highest BCUT2D eigenvalue weighted by Gasteiger charge is 2.19. The third-order valence-electron chi connectivity index (χ3n) is 2.43. The molecule has 1 aromatic carbocycles. The van der Waals surface area contributed by atoms with Crippen LogP contribution in [-0.2, 0) is 6.42 Å². The number of aromatic amines is 2. The summed E-state index contributed by atoms with van der Waals surface area (Å²) >= 11 is 5.89. The Hall–Kier alpha value is -2.28. The molecule has 0 aliphatic rings. The summed E-state index contributed by atoms with van der Waals surface area (Å²) in [6.07, 6.45) is -0.0411. The average molecular weight is 270 g/mol. The zero-order chi connectivity index (χ0) is 13.3. The minimum atomic E-state index is -0.586. The number of aromatic hydroxyl groups is 1. The highest BCUT2D eigenvalue weighted by atomic mass is 35.5. The van der Waals surface area contributed by atoms with Gasteiger partial charge < -0.3 is 10.1 Å². The van der Waals surface area contributed by atoms with E-state index >= 15 is 0 Å². The number of nitro groups is 1. The first-order valence-electron chi connectivity index (χ1n) is 4.91. The van der Waals surface area contributed by atoms with Gasteiger partial charge in [-0.2, -0.15) is 0 Å². The van der Waals surface area contributed by atoms with E-state index in [4.69, 9.17) is 11.6 Å². The Balaban J connectivity index is 2.49. The van der Waals surface area contributed by atoms with Gasteiger partial charge >= 0.3 is 5.69 Å². The lowest BCUT2D eigenvalue weighted by atomic mass is 10.1. The molecule has 0 bridgehead atoms. The summed E-state index contributed by atoms with van der Waals surface area (Å²) in [6, 6.07) is 4.28. The second-order valence-corrected chi connectivity index (χ2v) is 3.98. The highest BCUT2D eigenvalue weighted by molar-refractivity contribution is 6.31. The van der Waals surface area contributed by atoms with Crippen LogP contribution in [0.3, 0.4) is 0 Å². The van der Waals surface area contributed by atoms with Gasteiger partial charge in [0.2, 0.25) is 5.88 Å². The summed E-state index contributed by atoms with van der Waals surface area (Å²) in [6.45, 7) is 0. The van der Waals surface area contributed by atoms with Crippen LogP contribution in [-0.4, -0.2) is 20.0 Å². The molecule has 0 saturated heterocycles. The predicted molar refractivity (Wildman–Crippen MR) is 64.0 cm³/mol. The van der Waals surface area contributed by atoms with Crippen molar-refractivity contribution in [3.05, 3.63) is 55.1 Å². The number of nitrogens with zero attached hydrogens (tertiary/aromatic N) is 1. The summed E-state index contributed by atoms with van der Waals surface area (Å²) in [4.78, 5) is 25.7. The van der Waals surface area contributed by atoms with Gasteiger partial charge in [-0.25, -0.2) is 4.79 Å². The zero-order valence-corrected chi connectivity index (χ0v) is 9.69. The number of H-pyrrole nitrogens is 2. The summed E-state index contributed by atoms with van der Waals surface area (Å²) in [5.41, 5.74) is -0.368. The fraction of sp³-hybridized carbons (Fsp3) is 0.100. The van der Waals surface area contributed by atoms with Crippen LogP contribution >= 0.6 is 11.6 Å². The number of hydrogen-bond donors (Lipinski definition) is 3. The van der Waals surface area contributed by atoms with E-state index in [0.717, 1.165) is 0 Å². The Bertz CT molecular complexity index is 661. The molecule has 0 atom stereocenters. The SMILES string of the molecule is O=c1[nH]c(O)c(Cc2c(Cl)cccc2[N+](=O)[O-])[nH]1. The van der Waals surface area contributed by atoms with Crippen LogP contribution in [0.1, 0.15) is 11.3 Å². The third kappa shape index (κ3) is 2.21. The number of hydrogen-bond acceptors (Lipinski definition) is 4. The fourth-order valence-electron chi connectivity index (χ4n) is 1.61. The average Bonchev–Trinajstić information content (AvgIpc) is 2.60. The molecule has 0 radical (unpaired) electrons. The molecular formula is C10H8ClN3O4.